The Balaban J connectivity index is 1.65. The maximum absolute atomic E-state index is 12.0. The van der Waals surface area contributed by atoms with Gasteiger partial charge in [0.05, 0.1) is 17.9 Å². The van der Waals surface area contributed by atoms with E-state index in [-0.39, 0.29) is 0 Å². The summed E-state index contributed by atoms with van der Waals surface area (Å²) in [7, 11) is 0. The molecule has 0 saturated heterocycles. The third-order valence-electron chi connectivity index (χ3n) is 5.44. The van der Waals surface area contributed by atoms with Crippen molar-refractivity contribution in [3.05, 3.63) is 102 Å². The number of pyridine rings is 3. The third kappa shape index (κ3) is 5.60. The van der Waals surface area contributed by atoms with E-state index >= 15 is 0 Å². The van der Waals surface area contributed by atoms with Crippen molar-refractivity contribution in [3.63, 3.8) is 0 Å². The highest BCUT2D eigenvalue weighted by molar-refractivity contribution is 5.83. The van der Waals surface area contributed by atoms with Gasteiger partial charge in [-0.3, -0.25) is 14.8 Å². The maximum atomic E-state index is 12.0. The summed E-state index contributed by atoms with van der Waals surface area (Å²) in [5.74, 6) is 0.666. The molecule has 1 aromatic carbocycles. The third-order valence-corrected chi connectivity index (χ3v) is 5.44. The van der Waals surface area contributed by atoms with E-state index in [1.807, 2.05) is 42.5 Å². The van der Waals surface area contributed by atoms with Crippen LogP contribution in [-0.4, -0.2) is 27.9 Å². The second kappa shape index (κ2) is 10.5. The summed E-state index contributed by atoms with van der Waals surface area (Å²) < 4.78 is 0. The van der Waals surface area contributed by atoms with Crippen LogP contribution in [0.2, 0.25) is 0 Å². The smallest absolute Gasteiger partial charge is 0.214 e. The molecule has 0 bridgehead atoms. The number of hydrogen-bond donors (Lipinski definition) is 1. The molecule has 0 aliphatic carbocycles. The van der Waals surface area contributed by atoms with Gasteiger partial charge < -0.3 is 10.2 Å². The lowest BCUT2D eigenvalue weighted by molar-refractivity contribution is -0.107. The molecule has 0 saturated carbocycles. The highest BCUT2D eigenvalue weighted by Gasteiger charge is 2.15. The molecule has 4 rings (SSSR count). The molecule has 166 valence electrons. The minimum absolute atomic E-state index is 0.414. The molecule has 0 aliphatic heterocycles. The molecule has 1 amide bonds. The zero-order valence-electron chi connectivity index (χ0n) is 18.9. The van der Waals surface area contributed by atoms with E-state index in [4.69, 9.17) is 4.98 Å². The summed E-state index contributed by atoms with van der Waals surface area (Å²) in [4.78, 5) is 27.2. The standard InChI is InChI=1S/C27H27N5O/c1-20-8-9-24(21(2)16-20)25-10-11-26(32(19-33)18-22-6-5-13-28-17-22)27(31-25)30-15-12-23-7-3-4-14-29-23/h3-11,13-14,16-17,19H,12,15,18H2,1-2H3,(H,30,31). The van der Waals surface area contributed by atoms with Gasteiger partial charge in [0.2, 0.25) is 6.41 Å². The molecule has 6 heteroatoms. The molecule has 4 aromatic rings. The number of carbonyl (C=O) groups excluding carboxylic acids is 1. The van der Waals surface area contributed by atoms with Gasteiger partial charge in [0.15, 0.2) is 5.82 Å². The monoisotopic (exact) mass is 437 g/mol. The Morgan fingerprint density at radius 3 is 2.64 bits per heavy atom. The Labute approximate surface area is 194 Å². The number of benzene rings is 1. The predicted molar refractivity (Wildman–Crippen MR) is 132 cm³/mol. The van der Waals surface area contributed by atoms with Gasteiger partial charge in [-0.05, 0) is 55.3 Å². The molecule has 3 aromatic heterocycles. The molecule has 0 fully saturated rings. The zero-order valence-corrected chi connectivity index (χ0v) is 18.9. The van der Waals surface area contributed by atoms with Crippen molar-refractivity contribution in [1.82, 2.24) is 15.0 Å². The average Bonchev–Trinajstić information content (AvgIpc) is 2.84. The number of aromatic nitrogens is 3. The van der Waals surface area contributed by atoms with Gasteiger partial charge in [-0.1, -0.05) is 35.9 Å². The van der Waals surface area contributed by atoms with Crippen LogP contribution in [0.1, 0.15) is 22.4 Å². The first-order valence-corrected chi connectivity index (χ1v) is 11.0. The molecule has 33 heavy (non-hydrogen) atoms. The first-order valence-electron chi connectivity index (χ1n) is 11.0. The van der Waals surface area contributed by atoms with Crippen molar-refractivity contribution < 1.29 is 4.79 Å². The molecular formula is C27H27N5O. The molecule has 6 nitrogen and oxygen atoms in total. The lowest BCUT2D eigenvalue weighted by Gasteiger charge is -2.22. The van der Waals surface area contributed by atoms with E-state index in [1.165, 1.54) is 5.56 Å². The van der Waals surface area contributed by atoms with Crippen molar-refractivity contribution in [2.45, 2.75) is 26.8 Å². The van der Waals surface area contributed by atoms with Crippen LogP contribution in [0.15, 0.2) is 79.3 Å². The van der Waals surface area contributed by atoms with Crippen LogP contribution in [0.5, 0.6) is 0 Å². The Morgan fingerprint density at radius 1 is 1.00 bits per heavy atom. The zero-order chi connectivity index (χ0) is 23.0. The summed E-state index contributed by atoms with van der Waals surface area (Å²) in [6.07, 6.45) is 6.87. The fourth-order valence-electron chi connectivity index (χ4n) is 3.79. The molecule has 0 unspecified atom stereocenters. The number of amides is 1. The van der Waals surface area contributed by atoms with Crippen molar-refractivity contribution in [1.29, 1.82) is 0 Å². The fourth-order valence-corrected chi connectivity index (χ4v) is 3.79. The Morgan fingerprint density at radius 2 is 1.91 bits per heavy atom. The van der Waals surface area contributed by atoms with Crippen molar-refractivity contribution in [2.24, 2.45) is 0 Å². The number of anilines is 2. The molecule has 0 aliphatic rings. The highest BCUT2D eigenvalue weighted by Crippen LogP contribution is 2.30. The van der Waals surface area contributed by atoms with Gasteiger partial charge in [-0.25, -0.2) is 4.98 Å². The lowest BCUT2D eigenvalue weighted by Crippen LogP contribution is -2.23. The molecule has 3 heterocycles. The van der Waals surface area contributed by atoms with Gasteiger partial charge in [-0.15, -0.1) is 0 Å². The van der Waals surface area contributed by atoms with Crippen LogP contribution in [0.4, 0.5) is 11.5 Å². The second-order valence-electron chi connectivity index (χ2n) is 7.98. The first kappa shape index (κ1) is 22.1. The van der Waals surface area contributed by atoms with E-state index < -0.39 is 0 Å². The molecule has 0 radical (unpaired) electrons. The Bertz CT molecular complexity index is 1210. The largest absolute Gasteiger partial charge is 0.368 e. The first-order chi connectivity index (χ1) is 16.1. The predicted octanol–water partition coefficient (Wildman–Crippen LogP) is 4.97. The number of nitrogens with zero attached hydrogens (tertiary/aromatic N) is 4. The van der Waals surface area contributed by atoms with Crippen LogP contribution in [0, 0.1) is 13.8 Å². The quantitative estimate of drug-likeness (QED) is 0.374. The summed E-state index contributed by atoms with van der Waals surface area (Å²) in [5.41, 5.74) is 6.99. The maximum Gasteiger partial charge on any atom is 0.214 e. The van der Waals surface area contributed by atoms with E-state index in [0.717, 1.165) is 46.6 Å². The molecule has 0 spiro atoms. The fraction of sp³-hybridized carbons (Fsp3) is 0.185. The number of rotatable bonds is 9. The summed E-state index contributed by atoms with van der Waals surface area (Å²) >= 11 is 0. The topological polar surface area (TPSA) is 71.0 Å². The summed E-state index contributed by atoms with van der Waals surface area (Å²) in [5, 5.41) is 3.44. The second-order valence-corrected chi connectivity index (χ2v) is 7.98. The average molecular weight is 438 g/mol. The normalized spacial score (nSPS) is 10.6. The van der Waals surface area contributed by atoms with Crippen molar-refractivity contribution in [2.75, 3.05) is 16.8 Å². The minimum atomic E-state index is 0.414. The van der Waals surface area contributed by atoms with Gasteiger partial charge in [-0.2, -0.15) is 0 Å². The summed E-state index contributed by atoms with van der Waals surface area (Å²) in [6, 6.07) is 20.0. The minimum Gasteiger partial charge on any atom is -0.368 e. The number of aryl methyl sites for hydroxylation is 2. The molecule has 1 N–H and O–H groups in total. The Hall–Kier alpha value is -4.06. The van der Waals surface area contributed by atoms with Gasteiger partial charge in [0.25, 0.3) is 0 Å². The number of nitrogens with one attached hydrogen (secondary N) is 1. The highest BCUT2D eigenvalue weighted by atomic mass is 16.1. The van der Waals surface area contributed by atoms with E-state index in [0.29, 0.717) is 18.9 Å². The van der Waals surface area contributed by atoms with E-state index in [2.05, 4.69) is 47.3 Å². The SMILES string of the molecule is Cc1ccc(-c2ccc(N(C=O)Cc3cccnc3)c(NCCc3ccccn3)n2)c(C)c1. The van der Waals surface area contributed by atoms with Crippen LogP contribution < -0.4 is 10.2 Å². The molecule has 0 atom stereocenters. The van der Waals surface area contributed by atoms with Crippen molar-refractivity contribution in [3.8, 4) is 11.3 Å². The summed E-state index contributed by atoms with van der Waals surface area (Å²) in [6.45, 7) is 5.23. The van der Waals surface area contributed by atoms with Crippen LogP contribution in [0.3, 0.4) is 0 Å². The van der Waals surface area contributed by atoms with Gasteiger partial charge in [0.1, 0.15) is 0 Å². The van der Waals surface area contributed by atoms with E-state index in [9.17, 15) is 4.79 Å². The number of hydrogen-bond acceptors (Lipinski definition) is 5. The lowest BCUT2D eigenvalue weighted by atomic mass is 10.0. The van der Waals surface area contributed by atoms with Gasteiger partial charge >= 0.3 is 0 Å². The van der Waals surface area contributed by atoms with E-state index in [1.54, 1.807) is 23.5 Å². The van der Waals surface area contributed by atoms with Crippen LogP contribution in [-0.2, 0) is 17.8 Å². The number of carbonyl (C=O) groups is 1. The molecular weight excluding hydrogens is 410 g/mol. The Kier molecular flexibility index (Phi) is 7.05. The van der Waals surface area contributed by atoms with Crippen LogP contribution >= 0.6 is 0 Å². The van der Waals surface area contributed by atoms with Crippen molar-refractivity contribution >= 4 is 17.9 Å². The van der Waals surface area contributed by atoms with Crippen LogP contribution in [0.25, 0.3) is 11.3 Å². The van der Waals surface area contributed by atoms with Gasteiger partial charge in [0, 0.05) is 42.8 Å².